The van der Waals surface area contributed by atoms with Crippen LogP contribution in [0.2, 0.25) is 0 Å². The topological polar surface area (TPSA) is 50.1 Å². The number of aromatic nitrogens is 4. The van der Waals surface area contributed by atoms with Gasteiger partial charge in [-0.3, -0.25) is 4.68 Å². The summed E-state index contributed by atoms with van der Waals surface area (Å²) in [5.41, 5.74) is 2.25. The molecule has 1 aromatic carbocycles. The standard InChI is InChI=1S/C20H26N6/c1-24-11-6-12-26(14-13-24)20-17-15-21-25(2)19(17)22-18(23-20)10-9-16-7-4-3-5-8-16/h3-5,7-8,15H,6,9-14H2,1-2H3. The Balaban J connectivity index is 1.65. The van der Waals surface area contributed by atoms with E-state index in [-0.39, 0.29) is 0 Å². The second-order valence-corrected chi connectivity index (χ2v) is 7.10. The Morgan fingerprint density at radius 2 is 1.77 bits per heavy atom. The van der Waals surface area contributed by atoms with Crippen LogP contribution in [-0.4, -0.2) is 57.9 Å². The molecule has 6 nitrogen and oxygen atoms in total. The van der Waals surface area contributed by atoms with Gasteiger partial charge in [0.05, 0.1) is 11.6 Å². The van der Waals surface area contributed by atoms with Crippen LogP contribution in [0.1, 0.15) is 17.8 Å². The van der Waals surface area contributed by atoms with Crippen molar-refractivity contribution >= 4 is 16.9 Å². The zero-order valence-electron chi connectivity index (χ0n) is 15.6. The maximum Gasteiger partial charge on any atom is 0.163 e. The quantitative estimate of drug-likeness (QED) is 0.723. The van der Waals surface area contributed by atoms with Crippen LogP contribution in [0.3, 0.4) is 0 Å². The van der Waals surface area contributed by atoms with Crippen molar-refractivity contribution in [2.45, 2.75) is 19.3 Å². The third kappa shape index (κ3) is 3.55. The highest BCUT2D eigenvalue weighted by molar-refractivity contribution is 5.87. The average Bonchev–Trinajstić information content (AvgIpc) is 2.90. The van der Waals surface area contributed by atoms with Gasteiger partial charge in [0.15, 0.2) is 5.65 Å². The summed E-state index contributed by atoms with van der Waals surface area (Å²) in [5, 5.41) is 5.48. The van der Waals surface area contributed by atoms with Gasteiger partial charge in [-0.25, -0.2) is 9.97 Å². The molecule has 0 N–H and O–H groups in total. The molecule has 26 heavy (non-hydrogen) atoms. The van der Waals surface area contributed by atoms with Crippen LogP contribution in [0.25, 0.3) is 11.0 Å². The Morgan fingerprint density at radius 3 is 2.62 bits per heavy atom. The van der Waals surface area contributed by atoms with E-state index in [2.05, 4.69) is 52.3 Å². The first-order valence-electron chi connectivity index (χ1n) is 9.37. The predicted octanol–water partition coefficient (Wildman–Crippen LogP) is 2.29. The van der Waals surface area contributed by atoms with E-state index < -0.39 is 0 Å². The molecule has 6 heteroatoms. The molecule has 0 radical (unpaired) electrons. The lowest BCUT2D eigenvalue weighted by Gasteiger charge is -2.22. The molecule has 0 aliphatic carbocycles. The summed E-state index contributed by atoms with van der Waals surface area (Å²) < 4.78 is 1.86. The lowest BCUT2D eigenvalue weighted by molar-refractivity contribution is 0.360. The highest BCUT2D eigenvalue weighted by atomic mass is 15.3. The zero-order chi connectivity index (χ0) is 17.9. The number of hydrogen-bond acceptors (Lipinski definition) is 5. The summed E-state index contributed by atoms with van der Waals surface area (Å²) in [6.45, 7) is 4.23. The van der Waals surface area contributed by atoms with Crippen LogP contribution in [0, 0.1) is 0 Å². The SMILES string of the molecule is CN1CCCN(c2nc(CCc3ccccc3)nc3c2cnn3C)CC1. The Hall–Kier alpha value is -2.47. The van der Waals surface area contributed by atoms with Gasteiger partial charge >= 0.3 is 0 Å². The number of benzene rings is 1. The lowest BCUT2D eigenvalue weighted by Crippen LogP contribution is -2.30. The van der Waals surface area contributed by atoms with E-state index in [1.807, 2.05) is 17.9 Å². The number of hydrogen-bond donors (Lipinski definition) is 0. The minimum atomic E-state index is 0.839. The summed E-state index contributed by atoms with van der Waals surface area (Å²) in [7, 11) is 4.14. The predicted molar refractivity (Wildman–Crippen MR) is 104 cm³/mol. The van der Waals surface area contributed by atoms with Crippen molar-refractivity contribution in [1.82, 2.24) is 24.6 Å². The van der Waals surface area contributed by atoms with Crippen LogP contribution in [0.15, 0.2) is 36.5 Å². The molecule has 1 aliphatic heterocycles. The fraction of sp³-hybridized carbons (Fsp3) is 0.450. The maximum atomic E-state index is 4.96. The van der Waals surface area contributed by atoms with Crippen molar-refractivity contribution in [3.05, 3.63) is 47.9 Å². The Kier molecular flexibility index (Phi) is 4.84. The minimum absolute atomic E-state index is 0.839. The van der Waals surface area contributed by atoms with Crippen LogP contribution in [0.4, 0.5) is 5.82 Å². The molecular weight excluding hydrogens is 324 g/mol. The van der Waals surface area contributed by atoms with Crippen molar-refractivity contribution in [2.24, 2.45) is 7.05 Å². The molecule has 0 atom stereocenters. The molecule has 4 rings (SSSR count). The summed E-state index contributed by atoms with van der Waals surface area (Å²) >= 11 is 0. The van der Waals surface area contributed by atoms with Crippen molar-refractivity contribution in [3.63, 3.8) is 0 Å². The molecule has 0 unspecified atom stereocenters. The molecule has 3 heterocycles. The Bertz CT molecular complexity index is 873. The van der Waals surface area contributed by atoms with E-state index in [1.54, 1.807) is 0 Å². The number of likely N-dealkylation sites (N-methyl/N-ethyl adjacent to an activating group) is 1. The fourth-order valence-corrected chi connectivity index (χ4v) is 3.56. The van der Waals surface area contributed by atoms with E-state index in [0.717, 1.165) is 68.1 Å². The second-order valence-electron chi connectivity index (χ2n) is 7.10. The van der Waals surface area contributed by atoms with Crippen molar-refractivity contribution in [3.8, 4) is 0 Å². The smallest absolute Gasteiger partial charge is 0.163 e. The van der Waals surface area contributed by atoms with Crippen molar-refractivity contribution in [2.75, 3.05) is 38.1 Å². The van der Waals surface area contributed by atoms with E-state index in [0.29, 0.717) is 0 Å². The largest absolute Gasteiger partial charge is 0.355 e. The van der Waals surface area contributed by atoms with Gasteiger partial charge in [-0.2, -0.15) is 5.10 Å². The second kappa shape index (κ2) is 7.41. The zero-order valence-corrected chi connectivity index (χ0v) is 15.6. The molecule has 3 aromatic rings. The molecule has 0 bridgehead atoms. The summed E-state index contributed by atoms with van der Waals surface area (Å²) in [4.78, 5) is 14.5. The van der Waals surface area contributed by atoms with Crippen LogP contribution < -0.4 is 4.90 Å². The van der Waals surface area contributed by atoms with Gasteiger partial charge in [-0.1, -0.05) is 30.3 Å². The summed E-state index contributed by atoms with van der Waals surface area (Å²) in [5.74, 6) is 1.94. The first kappa shape index (κ1) is 17.0. The highest BCUT2D eigenvalue weighted by Gasteiger charge is 2.19. The third-order valence-corrected chi connectivity index (χ3v) is 5.12. The number of fused-ring (bicyclic) bond motifs is 1. The Morgan fingerprint density at radius 1 is 0.923 bits per heavy atom. The molecule has 2 aromatic heterocycles. The molecule has 0 saturated carbocycles. The molecule has 1 fully saturated rings. The van der Waals surface area contributed by atoms with Gasteiger partial charge in [-0.15, -0.1) is 0 Å². The number of anilines is 1. The average molecular weight is 350 g/mol. The summed E-state index contributed by atoms with van der Waals surface area (Å²) in [6, 6.07) is 10.5. The maximum absolute atomic E-state index is 4.96. The van der Waals surface area contributed by atoms with Gasteiger partial charge in [0, 0.05) is 33.1 Å². The fourth-order valence-electron chi connectivity index (χ4n) is 3.56. The first-order valence-corrected chi connectivity index (χ1v) is 9.37. The molecule has 1 saturated heterocycles. The molecule has 1 aliphatic rings. The normalized spacial score (nSPS) is 16.2. The number of nitrogens with zero attached hydrogens (tertiary/aromatic N) is 6. The third-order valence-electron chi connectivity index (χ3n) is 5.12. The van der Waals surface area contributed by atoms with Crippen LogP contribution in [0.5, 0.6) is 0 Å². The molecular formula is C20H26N6. The van der Waals surface area contributed by atoms with Gasteiger partial charge in [0.25, 0.3) is 0 Å². The van der Waals surface area contributed by atoms with E-state index in [1.165, 1.54) is 5.56 Å². The monoisotopic (exact) mass is 350 g/mol. The van der Waals surface area contributed by atoms with Crippen LogP contribution >= 0.6 is 0 Å². The van der Waals surface area contributed by atoms with Gasteiger partial charge in [0.2, 0.25) is 0 Å². The molecule has 0 amide bonds. The van der Waals surface area contributed by atoms with E-state index in [9.17, 15) is 0 Å². The Labute approximate surface area is 154 Å². The van der Waals surface area contributed by atoms with Gasteiger partial charge < -0.3 is 9.80 Å². The van der Waals surface area contributed by atoms with Gasteiger partial charge in [-0.05, 0) is 32.0 Å². The number of aryl methyl sites for hydroxylation is 3. The lowest BCUT2D eigenvalue weighted by atomic mass is 10.1. The number of rotatable bonds is 4. The van der Waals surface area contributed by atoms with Gasteiger partial charge in [0.1, 0.15) is 11.6 Å². The molecule has 136 valence electrons. The van der Waals surface area contributed by atoms with Crippen molar-refractivity contribution in [1.29, 1.82) is 0 Å². The molecule has 0 spiro atoms. The minimum Gasteiger partial charge on any atom is -0.355 e. The van der Waals surface area contributed by atoms with E-state index in [4.69, 9.17) is 9.97 Å². The summed E-state index contributed by atoms with van der Waals surface area (Å²) in [6.07, 6.45) is 4.85. The highest BCUT2D eigenvalue weighted by Crippen LogP contribution is 2.25. The van der Waals surface area contributed by atoms with Crippen LogP contribution in [-0.2, 0) is 19.9 Å². The van der Waals surface area contributed by atoms with E-state index >= 15 is 0 Å². The van der Waals surface area contributed by atoms with Crippen molar-refractivity contribution < 1.29 is 0 Å². The first-order chi connectivity index (χ1) is 12.7.